The molecule has 2 aliphatic rings. The molecule has 0 saturated carbocycles. The van der Waals surface area contributed by atoms with E-state index in [9.17, 15) is 0 Å². The topological polar surface area (TPSA) is 15.3 Å². The van der Waals surface area contributed by atoms with Gasteiger partial charge in [-0.25, -0.2) is 0 Å². The summed E-state index contributed by atoms with van der Waals surface area (Å²) in [6.45, 7) is 8.86. The first-order valence-electron chi connectivity index (χ1n) is 6.28. The highest BCUT2D eigenvalue weighted by atomic mass is 15.1. The van der Waals surface area contributed by atoms with Crippen LogP contribution >= 0.6 is 0 Å². The maximum atomic E-state index is 3.53. The van der Waals surface area contributed by atoms with Crippen molar-refractivity contribution in [1.29, 1.82) is 0 Å². The molecule has 2 nitrogen and oxygen atoms in total. The van der Waals surface area contributed by atoms with Crippen LogP contribution in [0.3, 0.4) is 0 Å². The van der Waals surface area contributed by atoms with E-state index < -0.39 is 0 Å². The zero-order chi connectivity index (χ0) is 9.86. The van der Waals surface area contributed by atoms with Crippen molar-refractivity contribution in [2.75, 3.05) is 32.7 Å². The number of nitrogens with one attached hydrogen (secondary N) is 1. The number of likely N-dealkylation sites (tertiary alicyclic amines) is 1. The van der Waals surface area contributed by atoms with E-state index in [1.54, 1.807) is 0 Å². The highest BCUT2D eigenvalue weighted by molar-refractivity contribution is 4.93. The Morgan fingerprint density at radius 1 is 1.36 bits per heavy atom. The molecule has 0 radical (unpaired) electrons. The van der Waals surface area contributed by atoms with Gasteiger partial charge in [-0.15, -0.1) is 0 Å². The quantitative estimate of drug-likeness (QED) is 0.741. The molecule has 2 saturated heterocycles. The molecule has 82 valence electrons. The van der Waals surface area contributed by atoms with E-state index in [-0.39, 0.29) is 0 Å². The van der Waals surface area contributed by atoms with E-state index in [1.165, 1.54) is 64.8 Å². The molecule has 2 aliphatic heterocycles. The third-order valence-electron chi connectivity index (χ3n) is 3.90. The molecular formula is C12H24N2. The van der Waals surface area contributed by atoms with Gasteiger partial charge in [0.1, 0.15) is 0 Å². The van der Waals surface area contributed by atoms with Crippen molar-refractivity contribution < 1.29 is 0 Å². The van der Waals surface area contributed by atoms with Crippen molar-refractivity contribution in [1.82, 2.24) is 10.2 Å². The van der Waals surface area contributed by atoms with Crippen molar-refractivity contribution in [3.8, 4) is 0 Å². The first-order chi connectivity index (χ1) is 6.85. The van der Waals surface area contributed by atoms with Gasteiger partial charge < -0.3 is 10.2 Å². The summed E-state index contributed by atoms with van der Waals surface area (Å²) < 4.78 is 0. The second kappa shape index (κ2) is 4.63. The average Bonchev–Trinajstić information content (AvgIpc) is 2.63. The van der Waals surface area contributed by atoms with Gasteiger partial charge in [-0.3, -0.25) is 0 Å². The number of hydrogen-bond donors (Lipinski definition) is 1. The highest BCUT2D eigenvalue weighted by Gasteiger charge is 2.37. The summed E-state index contributed by atoms with van der Waals surface area (Å²) in [6.07, 6.45) is 7.01. The predicted molar refractivity (Wildman–Crippen MR) is 60.5 cm³/mol. The van der Waals surface area contributed by atoms with Crippen LogP contribution < -0.4 is 5.32 Å². The first kappa shape index (κ1) is 10.4. The smallest absolute Gasteiger partial charge is 0.00506 e. The van der Waals surface area contributed by atoms with Gasteiger partial charge in [0.2, 0.25) is 0 Å². The Morgan fingerprint density at radius 2 is 2.29 bits per heavy atom. The number of hydrogen-bond acceptors (Lipinski definition) is 2. The summed E-state index contributed by atoms with van der Waals surface area (Å²) >= 11 is 0. The third kappa shape index (κ3) is 2.29. The van der Waals surface area contributed by atoms with E-state index >= 15 is 0 Å². The molecule has 2 fully saturated rings. The Hall–Kier alpha value is -0.0800. The molecule has 1 N–H and O–H groups in total. The monoisotopic (exact) mass is 196 g/mol. The standard InChI is InChI=1S/C12H24N2/c1-2-3-8-14-9-4-5-12(11-14)6-7-13-10-12/h13H,2-11H2,1H3. The molecule has 1 atom stereocenters. The largest absolute Gasteiger partial charge is 0.316 e. The van der Waals surface area contributed by atoms with Crippen LogP contribution in [-0.4, -0.2) is 37.6 Å². The minimum Gasteiger partial charge on any atom is -0.316 e. The van der Waals surface area contributed by atoms with Crippen LogP contribution in [0.4, 0.5) is 0 Å². The van der Waals surface area contributed by atoms with Crippen LogP contribution in [0.2, 0.25) is 0 Å². The van der Waals surface area contributed by atoms with Gasteiger partial charge in [-0.2, -0.15) is 0 Å². The Kier molecular flexibility index (Phi) is 3.45. The van der Waals surface area contributed by atoms with E-state index in [4.69, 9.17) is 0 Å². The minimum atomic E-state index is 0.659. The van der Waals surface area contributed by atoms with Gasteiger partial charge in [0.15, 0.2) is 0 Å². The molecule has 2 heteroatoms. The van der Waals surface area contributed by atoms with Crippen molar-refractivity contribution in [3.05, 3.63) is 0 Å². The second-order valence-electron chi connectivity index (χ2n) is 5.16. The number of unbranched alkanes of at least 4 members (excludes halogenated alkanes) is 1. The summed E-state index contributed by atoms with van der Waals surface area (Å²) in [6, 6.07) is 0. The molecular weight excluding hydrogens is 172 g/mol. The van der Waals surface area contributed by atoms with Crippen LogP contribution in [-0.2, 0) is 0 Å². The normalized spacial score (nSPS) is 34.1. The maximum Gasteiger partial charge on any atom is 0.00506 e. The molecule has 0 aliphatic carbocycles. The molecule has 0 aromatic heterocycles. The molecule has 1 spiro atoms. The molecule has 0 amide bonds. The maximum absolute atomic E-state index is 3.53. The molecule has 0 aromatic carbocycles. The summed E-state index contributed by atoms with van der Waals surface area (Å²) in [7, 11) is 0. The van der Waals surface area contributed by atoms with E-state index in [1.807, 2.05) is 0 Å². The van der Waals surface area contributed by atoms with Crippen LogP contribution in [0.1, 0.15) is 39.0 Å². The number of piperidine rings is 1. The minimum absolute atomic E-state index is 0.659. The average molecular weight is 196 g/mol. The summed E-state index contributed by atoms with van der Waals surface area (Å²) in [5.74, 6) is 0. The summed E-state index contributed by atoms with van der Waals surface area (Å²) in [5, 5.41) is 3.53. The van der Waals surface area contributed by atoms with Crippen LogP contribution in [0, 0.1) is 5.41 Å². The van der Waals surface area contributed by atoms with Crippen molar-refractivity contribution in [3.63, 3.8) is 0 Å². The zero-order valence-corrected chi connectivity index (χ0v) is 9.52. The van der Waals surface area contributed by atoms with Crippen molar-refractivity contribution in [2.45, 2.75) is 39.0 Å². The van der Waals surface area contributed by atoms with Gasteiger partial charge in [0.05, 0.1) is 0 Å². The zero-order valence-electron chi connectivity index (χ0n) is 9.52. The van der Waals surface area contributed by atoms with Gasteiger partial charge in [-0.05, 0) is 50.7 Å². The Bertz CT molecular complexity index is 173. The van der Waals surface area contributed by atoms with Crippen LogP contribution in [0.15, 0.2) is 0 Å². The molecule has 0 bridgehead atoms. The molecule has 1 unspecified atom stereocenters. The third-order valence-corrected chi connectivity index (χ3v) is 3.90. The first-order valence-corrected chi connectivity index (χ1v) is 6.28. The second-order valence-corrected chi connectivity index (χ2v) is 5.16. The van der Waals surface area contributed by atoms with Gasteiger partial charge >= 0.3 is 0 Å². The lowest BCUT2D eigenvalue weighted by molar-refractivity contribution is 0.102. The predicted octanol–water partition coefficient (Wildman–Crippen LogP) is 1.86. The van der Waals surface area contributed by atoms with Crippen molar-refractivity contribution >= 4 is 0 Å². The SMILES string of the molecule is CCCCN1CCCC2(CCNC2)C1. The number of rotatable bonds is 3. The van der Waals surface area contributed by atoms with Gasteiger partial charge in [-0.1, -0.05) is 13.3 Å². The van der Waals surface area contributed by atoms with Crippen LogP contribution in [0.5, 0.6) is 0 Å². The van der Waals surface area contributed by atoms with E-state index in [0.717, 1.165) is 0 Å². The van der Waals surface area contributed by atoms with Gasteiger partial charge in [0.25, 0.3) is 0 Å². The summed E-state index contributed by atoms with van der Waals surface area (Å²) in [5.41, 5.74) is 0.659. The van der Waals surface area contributed by atoms with E-state index in [2.05, 4.69) is 17.1 Å². The molecule has 0 aromatic rings. The fourth-order valence-electron chi connectivity index (χ4n) is 3.03. The van der Waals surface area contributed by atoms with E-state index in [0.29, 0.717) is 5.41 Å². The molecule has 2 heterocycles. The van der Waals surface area contributed by atoms with Crippen LogP contribution in [0.25, 0.3) is 0 Å². The Balaban J connectivity index is 1.83. The Labute approximate surface area is 88.1 Å². The fraction of sp³-hybridized carbons (Fsp3) is 1.00. The fourth-order valence-corrected chi connectivity index (χ4v) is 3.03. The van der Waals surface area contributed by atoms with Gasteiger partial charge in [0, 0.05) is 13.1 Å². The lowest BCUT2D eigenvalue weighted by Gasteiger charge is -2.40. The highest BCUT2D eigenvalue weighted by Crippen LogP contribution is 2.35. The number of nitrogens with zero attached hydrogens (tertiary/aromatic N) is 1. The van der Waals surface area contributed by atoms with Crippen molar-refractivity contribution in [2.24, 2.45) is 5.41 Å². The summed E-state index contributed by atoms with van der Waals surface area (Å²) in [4.78, 5) is 2.69. The molecule has 14 heavy (non-hydrogen) atoms. The lowest BCUT2D eigenvalue weighted by atomic mass is 9.79. The lowest BCUT2D eigenvalue weighted by Crippen LogP contribution is -2.44. The molecule has 2 rings (SSSR count). The Morgan fingerprint density at radius 3 is 3.00 bits per heavy atom.